The topological polar surface area (TPSA) is 143 Å². The maximum atomic E-state index is 10.3. The van der Waals surface area contributed by atoms with Crippen LogP contribution in [-0.4, -0.2) is 29.4 Å². The summed E-state index contributed by atoms with van der Waals surface area (Å²) in [5, 5.41) is 14.2. The van der Waals surface area contributed by atoms with E-state index >= 15 is 0 Å². The second kappa shape index (κ2) is 6.66. The Hall–Kier alpha value is -1.83. The van der Waals surface area contributed by atoms with Crippen LogP contribution < -0.4 is 22.4 Å². The van der Waals surface area contributed by atoms with Crippen LogP contribution in [0.2, 0.25) is 0 Å². The lowest BCUT2D eigenvalue weighted by atomic mass is 10.1. The number of hydrogen-bond donors (Lipinski definition) is 5. The van der Waals surface area contributed by atoms with Crippen LogP contribution in [0.25, 0.3) is 0 Å². The summed E-state index contributed by atoms with van der Waals surface area (Å²) in [5.74, 6) is 3.95. The summed E-state index contributed by atoms with van der Waals surface area (Å²) in [6.07, 6.45) is 0.311. The van der Waals surface area contributed by atoms with Gasteiger partial charge in [0.2, 0.25) is 6.41 Å². The van der Waals surface area contributed by atoms with Crippen molar-refractivity contribution >= 4 is 18.2 Å². The van der Waals surface area contributed by atoms with Gasteiger partial charge in [0.15, 0.2) is 0 Å². The number of aliphatic carboxylic acids is 1. The average molecular weight is 203 g/mol. The second-order valence-electron chi connectivity index (χ2n) is 2.52. The zero-order valence-corrected chi connectivity index (χ0v) is 7.43. The van der Waals surface area contributed by atoms with Gasteiger partial charge < -0.3 is 16.2 Å². The predicted octanol–water partition coefficient (Wildman–Crippen LogP) is -2.30. The van der Waals surface area contributed by atoms with Gasteiger partial charge >= 0.3 is 5.97 Å². The zero-order chi connectivity index (χ0) is 11.0. The van der Waals surface area contributed by atoms with Crippen LogP contribution in [0.4, 0.5) is 0 Å². The lowest BCUT2D eigenvalue weighted by Crippen LogP contribution is -2.35. The van der Waals surface area contributed by atoms with Gasteiger partial charge in [-0.1, -0.05) is 0 Å². The van der Waals surface area contributed by atoms with E-state index in [1.807, 2.05) is 5.53 Å². The summed E-state index contributed by atoms with van der Waals surface area (Å²) in [6.45, 7) is 0. The van der Waals surface area contributed by atoms with E-state index in [0.717, 1.165) is 0 Å². The van der Waals surface area contributed by atoms with Gasteiger partial charge in [0, 0.05) is 12.5 Å². The number of amidine groups is 1. The molecule has 0 radical (unpaired) electrons. The first-order chi connectivity index (χ1) is 6.60. The molecular formula is C6H13N5O3. The maximum Gasteiger partial charge on any atom is 0.305 e. The Balaban J connectivity index is 4.14. The second-order valence-corrected chi connectivity index (χ2v) is 2.52. The summed E-state index contributed by atoms with van der Waals surface area (Å²) < 4.78 is 0. The number of carbonyl (C=O) groups excluding carboxylic acids is 1. The molecule has 0 saturated carbocycles. The molecule has 0 aromatic heterocycles. The van der Waals surface area contributed by atoms with Crippen molar-refractivity contribution in [1.82, 2.24) is 10.9 Å². The molecule has 7 N–H and O–H groups in total. The van der Waals surface area contributed by atoms with Crippen LogP contribution in [-0.2, 0) is 9.59 Å². The Morgan fingerprint density at radius 2 is 2.21 bits per heavy atom. The molecule has 0 bridgehead atoms. The van der Waals surface area contributed by atoms with Crippen molar-refractivity contribution in [1.29, 1.82) is 0 Å². The van der Waals surface area contributed by atoms with Gasteiger partial charge in [0.1, 0.15) is 5.84 Å². The molecule has 1 unspecified atom stereocenters. The number of amides is 1. The molecule has 0 aliphatic heterocycles. The standard InChI is InChI=1S/C6H13N5O3/c7-5(10-11-8)1-4(9-3-12)2-6(13)14/h3-4,11H,1-2,8H2,(H2,7,10)(H,9,12)(H,13,14). The quantitative estimate of drug-likeness (QED) is 0.103. The smallest absolute Gasteiger partial charge is 0.305 e. The lowest BCUT2D eigenvalue weighted by molar-refractivity contribution is -0.137. The van der Waals surface area contributed by atoms with Crippen LogP contribution in [0.1, 0.15) is 12.8 Å². The Morgan fingerprint density at radius 3 is 2.64 bits per heavy atom. The van der Waals surface area contributed by atoms with E-state index in [1.54, 1.807) is 0 Å². The predicted molar refractivity (Wildman–Crippen MR) is 48.8 cm³/mol. The molecule has 0 spiro atoms. The lowest BCUT2D eigenvalue weighted by Gasteiger charge is -2.12. The van der Waals surface area contributed by atoms with Gasteiger partial charge in [-0.2, -0.15) is 5.10 Å². The first-order valence-electron chi connectivity index (χ1n) is 3.79. The van der Waals surface area contributed by atoms with Crippen molar-refractivity contribution in [2.45, 2.75) is 18.9 Å². The van der Waals surface area contributed by atoms with Crippen LogP contribution in [0.15, 0.2) is 5.10 Å². The fraction of sp³-hybridized carbons (Fsp3) is 0.500. The molecule has 0 heterocycles. The normalized spacial score (nSPS) is 13.1. The van der Waals surface area contributed by atoms with Crippen LogP contribution >= 0.6 is 0 Å². The molecule has 0 aromatic carbocycles. The van der Waals surface area contributed by atoms with Crippen LogP contribution in [0.3, 0.4) is 0 Å². The van der Waals surface area contributed by atoms with Crippen molar-refractivity contribution < 1.29 is 14.7 Å². The van der Waals surface area contributed by atoms with Crippen molar-refractivity contribution in [3.63, 3.8) is 0 Å². The van der Waals surface area contributed by atoms with Crippen molar-refractivity contribution in [2.75, 3.05) is 0 Å². The number of rotatable bonds is 7. The highest BCUT2D eigenvalue weighted by Gasteiger charge is 2.13. The van der Waals surface area contributed by atoms with Gasteiger partial charge in [0.25, 0.3) is 0 Å². The van der Waals surface area contributed by atoms with E-state index in [9.17, 15) is 9.59 Å². The number of nitrogens with two attached hydrogens (primary N) is 2. The van der Waals surface area contributed by atoms with E-state index in [4.69, 9.17) is 16.7 Å². The highest BCUT2D eigenvalue weighted by molar-refractivity contribution is 5.81. The first kappa shape index (κ1) is 12.2. The number of carboxylic acids is 1. The van der Waals surface area contributed by atoms with Crippen LogP contribution in [0.5, 0.6) is 0 Å². The van der Waals surface area contributed by atoms with Gasteiger partial charge in [-0.15, -0.1) is 0 Å². The SMILES string of the molecule is NN/N=C(\N)CC(CC(=O)O)NC=O. The van der Waals surface area contributed by atoms with E-state index in [1.165, 1.54) is 0 Å². The number of hydrazine groups is 1. The van der Waals surface area contributed by atoms with Crippen molar-refractivity contribution in [2.24, 2.45) is 16.7 Å². The summed E-state index contributed by atoms with van der Waals surface area (Å²) in [5.41, 5.74) is 7.32. The number of nitrogens with zero attached hydrogens (tertiary/aromatic N) is 1. The highest BCUT2D eigenvalue weighted by Crippen LogP contribution is 1.97. The fourth-order valence-electron chi connectivity index (χ4n) is 0.878. The van der Waals surface area contributed by atoms with E-state index < -0.39 is 12.0 Å². The van der Waals surface area contributed by atoms with E-state index in [0.29, 0.717) is 6.41 Å². The summed E-state index contributed by atoms with van der Waals surface area (Å²) in [4.78, 5) is 20.5. The summed E-state index contributed by atoms with van der Waals surface area (Å²) >= 11 is 0. The minimum Gasteiger partial charge on any atom is -0.481 e. The minimum absolute atomic E-state index is 0.119. The molecule has 0 fully saturated rings. The fourth-order valence-corrected chi connectivity index (χ4v) is 0.878. The molecule has 1 atom stereocenters. The molecular weight excluding hydrogens is 190 g/mol. The van der Waals surface area contributed by atoms with E-state index in [-0.39, 0.29) is 18.7 Å². The third kappa shape index (κ3) is 5.77. The maximum absolute atomic E-state index is 10.3. The molecule has 0 aromatic rings. The summed E-state index contributed by atoms with van der Waals surface area (Å²) in [6, 6.07) is -0.581. The van der Waals surface area contributed by atoms with Gasteiger partial charge in [-0.05, 0) is 0 Å². The van der Waals surface area contributed by atoms with E-state index in [2.05, 4.69) is 10.4 Å². The molecule has 0 aliphatic rings. The third-order valence-corrected chi connectivity index (χ3v) is 1.39. The number of nitrogens with one attached hydrogen (secondary N) is 2. The molecule has 14 heavy (non-hydrogen) atoms. The average Bonchev–Trinajstić information content (AvgIpc) is 2.03. The minimum atomic E-state index is -1.03. The Morgan fingerprint density at radius 1 is 1.57 bits per heavy atom. The Labute approximate surface area is 80.3 Å². The number of hydrogen-bond acceptors (Lipinski definition) is 5. The number of carbonyl (C=O) groups is 2. The highest BCUT2D eigenvalue weighted by atomic mass is 16.4. The molecule has 8 nitrogen and oxygen atoms in total. The number of carboxylic acid groups (broad SMARTS) is 1. The zero-order valence-electron chi connectivity index (χ0n) is 7.43. The van der Waals surface area contributed by atoms with Crippen LogP contribution in [0, 0.1) is 0 Å². The Bertz CT molecular complexity index is 230. The number of hydrazone groups is 1. The molecule has 0 saturated heterocycles. The van der Waals surface area contributed by atoms with Crippen molar-refractivity contribution in [3.05, 3.63) is 0 Å². The third-order valence-electron chi connectivity index (χ3n) is 1.39. The Kier molecular flexibility index (Phi) is 5.79. The molecule has 0 aliphatic carbocycles. The van der Waals surface area contributed by atoms with Crippen molar-refractivity contribution in [3.8, 4) is 0 Å². The first-order valence-corrected chi connectivity index (χ1v) is 3.79. The van der Waals surface area contributed by atoms with Gasteiger partial charge in [0.05, 0.1) is 6.42 Å². The van der Waals surface area contributed by atoms with Gasteiger partial charge in [-0.25, -0.2) is 11.4 Å². The van der Waals surface area contributed by atoms with Gasteiger partial charge in [-0.3, -0.25) is 9.59 Å². The summed E-state index contributed by atoms with van der Waals surface area (Å²) in [7, 11) is 0. The molecule has 0 rings (SSSR count). The molecule has 80 valence electrons. The largest absolute Gasteiger partial charge is 0.481 e. The monoisotopic (exact) mass is 203 g/mol. The molecule has 1 amide bonds. The molecule has 8 heteroatoms.